The molecule has 0 bridgehead atoms. The van der Waals surface area contributed by atoms with Crippen molar-refractivity contribution in [2.24, 2.45) is 0 Å². The molecule has 0 saturated carbocycles. The number of benzene rings is 2. The topological polar surface area (TPSA) is 46.2 Å². The fourth-order valence-corrected chi connectivity index (χ4v) is 4.38. The highest BCUT2D eigenvalue weighted by molar-refractivity contribution is 7.92. The minimum atomic E-state index is -2.86. The van der Waals surface area contributed by atoms with E-state index in [1.807, 2.05) is 18.2 Å². The Balaban J connectivity index is 1.75. The average Bonchev–Trinajstić information content (AvgIpc) is 2.75. The van der Waals surface area contributed by atoms with Crippen molar-refractivity contribution in [3.8, 4) is 0 Å². The maximum atomic E-state index is 11.8. The van der Waals surface area contributed by atoms with E-state index < -0.39 is 9.84 Å². The summed E-state index contributed by atoms with van der Waals surface area (Å²) < 4.78 is 23.5. The zero-order valence-corrected chi connectivity index (χ0v) is 11.5. The molecule has 3 nitrogen and oxygen atoms in total. The van der Waals surface area contributed by atoms with Crippen molar-refractivity contribution in [2.45, 2.75) is 18.1 Å². The second-order valence-electron chi connectivity index (χ2n) is 5.07. The monoisotopic (exact) mass is 275 g/mol. The summed E-state index contributed by atoms with van der Waals surface area (Å²) in [4.78, 5) is 0. The van der Waals surface area contributed by atoms with Crippen LogP contribution >= 0.6 is 0 Å². The number of nitrogens with one attached hydrogen (secondary N) is 1. The molecule has 100 valence electrons. The van der Waals surface area contributed by atoms with Crippen LogP contribution in [0.25, 0.3) is 10.8 Å². The lowest BCUT2D eigenvalue weighted by atomic mass is 10.1. The summed E-state index contributed by atoms with van der Waals surface area (Å²) in [5, 5.41) is 5.40. The van der Waals surface area contributed by atoms with Gasteiger partial charge in [-0.05, 0) is 35.7 Å². The second kappa shape index (κ2) is 4.85. The van der Waals surface area contributed by atoms with E-state index in [1.165, 1.54) is 10.8 Å². The Morgan fingerprint density at radius 2 is 1.89 bits per heavy atom. The summed E-state index contributed by atoms with van der Waals surface area (Å²) in [6, 6.07) is 14.3. The summed E-state index contributed by atoms with van der Waals surface area (Å²) in [6.45, 7) is 0.515. The van der Waals surface area contributed by atoms with Crippen LogP contribution in [0, 0.1) is 0 Å². The van der Waals surface area contributed by atoms with Crippen molar-refractivity contribution in [3.63, 3.8) is 0 Å². The number of hydrogen-bond donors (Lipinski definition) is 1. The number of hydrogen-bond acceptors (Lipinski definition) is 3. The van der Waals surface area contributed by atoms with E-state index in [1.54, 1.807) is 0 Å². The van der Waals surface area contributed by atoms with E-state index >= 15 is 0 Å². The van der Waals surface area contributed by atoms with Crippen LogP contribution in [-0.2, 0) is 9.84 Å². The smallest absolute Gasteiger partial charge is 0.154 e. The molecule has 1 unspecified atom stereocenters. The van der Waals surface area contributed by atoms with E-state index in [-0.39, 0.29) is 5.25 Å². The van der Waals surface area contributed by atoms with Gasteiger partial charge in [-0.2, -0.15) is 0 Å². The molecule has 0 spiro atoms. The second-order valence-corrected chi connectivity index (χ2v) is 7.47. The standard InChI is InChI=1S/C15H17NO2S/c17-19(18)9-3-6-15(19)11-16-14-8-7-12-4-1-2-5-13(12)10-14/h1-2,4-5,7-8,10,15-16H,3,6,9,11H2. The van der Waals surface area contributed by atoms with Crippen LogP contribution in [0.2, 0.25) is 0 Å². The first-order chi connectivity index (χ1) is 9.15. The van der Waals surface area contributed by atoms with Gasteiger partial charge in [0, 0.05) is 12.2 Å². The minimum Gasteiger partial charge on any atom is -0.384 e. The van der Waals surface area contributed by atoms with Gasteiger partial charge in [-0.25, -0.2) is 8.42 Å². The zero-order chi connectivity index (χ0) is 13.3. The van der Waals surface area contributed by atoms with Crippen molar-refractivity contribution < 1.29 is 8.42 Å². The largest absolute Gasteiger partial charge is 0.384 e. The lowest BCUT2D eigenvalue weighted by Gasteiger charge is -2.12. The zero-order valence-electron chi connectivity index (χ0n) is 10.7. The normalized spacial score (nSPS) is 21.6. The molecule has 2 aromatic carbocycles. The summed E-state index contributed by atoms with van der Waals surface area (Å²) in [6.07, 6.45) is 1.58. The van der Waals surface area contributed by atoms with Crippen molar-refractivity contribution in [1.82, 2.24) is 0 Å². The third-order valence-corrected chi connectivity index (χ3v) is 6.02. The van der Waals surface area contributed by atoms with Gasteiger partial charge in [0.1, 0.15) is 0 Å². The summed E-state index contributed by atoms with van der Waals surface area (Å²) in [7, 11) is -2.86. The summed E-state index contributed by atoms with van der Waals surface area (Å²) in [5.41, 5.74) is 0.987. The first-order valence-corrected chi connectivity index (χ1v) is 8.31. The number of anilines is 1. The van der Waals surface area contributed by atoms with Gasteiger partial charge in [0.2, 0.25) is 0 Å². The van der Waals surface area contributed by atoms with Crippen LogP contribution in [0.15, 0.2) is 42.5 Å². The fourth-order valence-electron chi connectivity index (χ4n) is 2.62. The SMILES string of the molecule is O=S1(=O)CCCC1CNc1ccc2ccccc2c1. The van der Waals surface area contributed by atoms with Crippen LogP contribution < -0.4 is 5.32 Å². The Kier molecular flexibility index (Phi) is 3.19. The van der Waals surface area contributed by atoms with Gasteiger partial charge in [0.15, 0.2) is 9.84 Å². The Bertz CT molecular complexity index is 694. The number of sulfone groups is 1. The molecule has 0 radical (unpaired) electrons. The van der Waals surface area contributed by atoms with Crippen molar-refractivity contribution in [3.05, 3.63) is 42.5 Å². The van der Waals surface area contributed by atoms with E-state index in [9.17, 15) is 8.42 Å². The van der Waals surface area contributed by atoms with Crippen LogP contribution in [-0.4, -0.2) is 26.0 Å². The number of rotatable bonds is 3. The third-order valence-electron chi connectivity index (χ3n) is 3.75. The molecule has 1 saturated heterocycles. The molecule has 1 heterocycles. The molecule has 0 amide bonds. The van der Waals surface area contributed by atoms with Gasteiger partial charge < -0.3 is 5.32 Å². The van der Waals surface area contributed by atoms with Gasteiger partial charge in [-0.15, -0.1) is 0 Å². The van der Waals surface area contributed by atoms with Crippen molar-refractivity contribution in [2.75, 3.05) is 17.6 Å². The van der Waals surface area contributed by atoms with E-state index in [0.717, 1.165) is 18.5 Å². The van der Waals surface area contributed by atoms with Crippen LogP contribution in [0.4, 0.5) is 5.69 Å². The van der Waals surface area contributed by atoms with Gasteiger partial charge >= 0.3 is 0 Å². The molecule has 1 N–H and O–H groups in total. The van der Waals surface area contributed by atoms with Gasteiger partial charge in [0.25, 0.3) is 0 Å². The highest BCUT2D eigenvalue weighted by atomic mass is 32.2. The molecule has 3 rings (SSSR count). The molecule has 1 atom stereocenters. The molecule has 1 aliphatic heterocycles. The lowest BCUT2D eigenvalue weighted by Crippen LogP contribution is -2.24. The first-order valence-electron chi connectivity index (χ1n) is 6.59. The molecule has 2 aromatic rings. The van der Waals surface area contributed by atoms with Gasteiger partial charge in [0.05, 0.1) is 11.0 Å². The molecular formula is C15H17NO2S. The van der Waals surface area contributed by atoms with Crippen molar-refractivity contribution >= 4 is 26.3 Å². The molecular weight excluding hydrogens is 258 g/mol. The maximum Gasteiger partial charge on any atom is 0.154 e. The highest BCUT2D eigenvalue weighted by Crippen LogP contribution is 2.22. The molecule has 19 heavy (non-hydrogen) atoms. The third kappa shape index (κ3) is 2.59. The fraction of sp³-hybridized carbons (Fsp3) is 0.333. The summed E-state index contributed by atoms with van der Waals surface area (Å²) >= 11 is 0. The van der Waals surface area contributed by atoms with Gasteiger partial charge in [-0.1, -0.05) is 30.3 Å². The van der Waals surface area contributed by atoms with E-state index in [0.29, 0.717) is 12.3 Å². The Morgan fingerprint density at radius 1 is 1.11 bits per heavy atom. The van der Waals surface area contributed by atoms with E-state index in [2.05, 4.69) is 29.6 Å². The average molecular weight is 275 g/mol. The first kappa shape index (κ1) is 12.5. The predicted octanol–water partition coefficient (Wildman–Crippen LogP) is 2.83. The Morgan fingerprint density at radius 3 is 2.63 bits per heavy atom. The summed E-state index contributed by atoms with van der Waals surface area (Å²) in [5.74, 6) is 0.344. The maximum absolute atomic E-state index is 11.8. The Labute approximate surface area is 113 Å². The molecule has 0 aromatic heterocycles. The molecule has 0 aliphatic carbocycles. The van der Waals surface area contributed by atoms with Crippen LogP contribution in [0.1, 0.15) is 12.8 Å². The van der Waals surface area contributed by atoms with Crippen LogP contribution in [0.5, 0.6) is 0 Å². The quantitative estimate of drug-likeness (QED) is 0.937. The van der Waals surface area contributed by atoms with E-state index in [4.69, 9.17) is 0 Å². The molecule has 1 fully saturated rings. The van der Waals surface area contributed by atoms with Crippen LogP contribution in [0.3, 0.4) is 0 Å². The van der Waals surface area contributed by atoms with Crippen molar-refractivity contribution in [1.29, 1.82) is 0 Å². The predicted molar refractivity (Wildman–Crippen MR) is 79.2 cm³/mol. The Hall–Kier alpha value is -1.55. The lowest BCUT2D eigenvalue weighted by molar-refractivity contribution is 0.591. The molecule has 4 heteroatoms. The highest BCUT2D eigenvalue weighted by Gasteiger charge is 2.30. The molecule has 1 aliphatic rings. The minimum absolute atomic E-state index is 0.223. The van der Waals surface area contributed by atoms with Gasteiger partial charge in [-0.3, -0.25) is 0 Å². The number of fused-ring (bicyclic) bond motifs is 1.